The van der Waals surface area contributed by atoms with Crippen molar-refractivity contribution in [2.75, 3.05) is 26.7 Å². The van der Waals surface area contributed by atoms with Crippen LogP contribution in [0, 0.1) is 12.8 Å². The van der Waals surface area contributed by atoms with Crippen molar-refractivity contribution in [3.8, 4) is 0 Å². The second-order valence-electron chi connectivity index (χ2n) is 6.63. The molecular formula is C17H26N4S. The summed E-state index contributed by atoms with van der Waals surface area (Å²) in [6.07, 6.45) is 5.68. The van der Waals surface area contributed by atoms with Crippen LogP contribution in [0.2, 0.25) is 0 Å². The van der Waals surface area contributed by atoms with E-state index in [0.29, 0.717) is 0 Å². The zero-order chi connectivity index (χ0) is 15.5. The van der Waals surface area contributed by atoms with Crippen molar-refractivity contribution in [3.63, 3.8) is 0 Å². The molecule has 2 aromatic heterocycles. The maximum Gasteiger partial charge on any atom is 0.0798 e. The number of likely N-dealkylation sites (tertiary alicyclic amines) is 1. The van der Waals surface area contributed by atoms with Gasteiger partial charge in [-0.1, -0.05) is 0 Å². The summed E-state index contributed by atoms with van der Waals surface area (Å²) in [5, 5.41) is 0. The Morgan fingerprint density at radius 2 is 2.32 bits per heavy atom. The third kappa shape index (κ3) is 3.97. The first-order chi connectivity index (χ1) is 10.6. The number of hydrogen-bond donors (Lipinski definition) is 0. The molecule has 1 fully saturated rings. The smallest absolute Gasteiger partial charge is 0.0798 e. The Hall–Kier alpha value is -1.17. The second-order valence-corrected chi connectivity index (χ2v) is 7.57. The Kier molecular flexibility index (Phi) is 4.96. The lowest BCUT2D eigenvalue weighted by Gasteiger charge is -2.21. The van der Waals surface area contributed by atoms with Crippen molar-refractivity contribution in [1.82, 2.24) is 19.4 Å². The number of aryl methyl sites for hydroxylation is 2. The molecule has 0 spiro atoms. The highest BCUT2D eigenvalue weighted by molar-refractivity contribution is 7.09. The minimum absolute atomic E-state index is 0.793. The predicted molar refractivity (Wildman–Crippen MR) is 92.0 cm³/mol. The van der Waals surface area contributed by atoms with Crippen molar-refractivity contribution in [1.29, 1.82) is 0 Å². The van der Waals surface area contributed by atoms with E-state index >= 15 is 0 Å². The molecule has 0 radical (unpaired) electrons. The average molecular weight is 318 g/mol. The number of hydrogen-bond acceptors (Lipinski definition) is 4. The van der Waals surface area contributed by atoms with Crippen LogP contribution in [0.3, 0.4) is 0 Å². The summed E-state index contributed by atoms with van der Waals surface area (Å²) in [4.78, 5) is 10.8. The number of thiazole rings is 1. The minimum Gasteiger partial charge on any atom is -0.357 e. The van der Waals surface area contributed by atoms with Gasteiger partial charge >= 0.3 is 0 Å². The summed E-state index contributed by atoms with van der Waals surface area (Å²) in [6.45, 7) is 7.87. The fourth-order valence-electron chi connectivity index (χ4n) is 3.35. The first kappa shape index (κ1) is 15.7. The maximum absolute atomic E-state index is 4.34. The summed E-state index contributed by atoms with van der Waals surface area (Å²) in [5.41, 5.74) is 4.57. The van der Waals surface area contributed by atoms with E-state index in [1.807, 2.05) is 5.51 Å². The number of rotatable bonds is 6. The molecule has 1 atom stereocenters. The SMILES string of the molecule is Cc1ncsc1CN(C)CC1CCN(Cc2ccn(C)c2)C1. The molecule has 0 saturated carbocycles. The van der Waals surface area contributed by atoms with E-state index < -0.39 is 0 Å². The van der Waals surface area contributed by atoms with Crippen molar-refractivity contribution in [3.05, 3.63) is 40.1 Å². The standard InChI is InChI=1S/C17H26N4S/c1-14-17(22-13-18-14)12-20(3)9-16-5-7-21(11-16)10-15-4-6-19(2)8-15/h4,6,8,13,16H,5,7,9-12H2,1-3H3. The van der Waals surface area contributed by atoms with Gasteiger partial charge in [-0.2, -0.15) is 0 Å². The van der Waals surface area contributed by atoms with Gasteiger partial charge in [0.15, 0.2) is 0 Å². The van der Waals surface area contributed by atoms with E-state index in [1.165, 1.54) is 42.2 Å². The highest BCUT2D eigenvalue weighted by Gasteiger charge is 2.23. The summed E-state index contributed by atoms with van der Waals surface area (Å²) in [7, 11) is 4.33. The molecular weight excluding hydrogens is 292 g/mol. The first-order valence-electron chi connectivity index (χ1n) is 8.01. The molecule has 0 N–H and O–H groups in total. The predicted octanol–water partition coefficient (Wildman–Crippen LogP) is 2.74. The van der Waals surface area contributed by atoms with Crippen LogP contribution in [0.25, 0.3) is 0 Å². The van der Waals surface area contributed by atoms with Gasteiger partial charge in [-0.25, -0.2) is 4.98 Å². The third-order valence-corrected chi connectivity index (χ3v) is 5.42. The van der Waals surface area contributed by atoms with Gasteiger partial charge in [0.25, 0.3) is 0 Å². The van der Waals surface area contributed by atoms with Gasteiger partial charge in [-0.15, -0.1) is 11.3 Å². The van der Waals surface area contributed by atoms with Gasteiger partial charge in [0.05, 0.1) is 11.2 Å². The van der Waals surface area contributed by atoms with Crippen molar-refractivity contribution in [2.24, 2.45) is 13.0 Å². The molecule has 3 rings (SSSR count). The first-order valence-corrected chi connectivity index (χ1v) is 8.89. The zero-order valence-corrected chi connectivity index (χ0v) is 14.6. The lowest BCUT2D eigenvalue weighted by Crippen LogP contribution is -2.28. The van der Waals surface area contributed by atoms with Crippen LogP contribution < -0.4 is 0 Å². The van der Waals surface area contributed by atoms with E-state index in [-0.39, 0.29) is 0 Å². The fraction of sp³-hybridized carbons (Fsp3) is 0.588. The van der Waals surface area contributed by atoms with Crippen LogP contribution in [-0.4, -0.2) is 46.0 Å². The Bertz CT molecular complexity index is 603. The van der Waals surface area contributed by atoms with Crippen LogP contribution in [0.5, 0.6) is 0 Å². The molecule has 120 valence electrons. The highest BCUT2D eigenvalue weighted by Crippen LogP contribution is 2.21. The Balaban J connectivity index is 1.45. The average Bonchev–Trinajstić information content (AvgIpc) is 3.16. The fourth-order valence-corrected chi connectivity index (χ4v) is 4.20. The lowest BCUT2D eigenvalue weighted by atomic mass is 10.1. The van der Waals surface area contributed by atoms with Gasteiger partial charge in [0.2, 0.25) is 0 Å². The Morgan fingerprint density at radius 3 is 3.00 bits per heavy atom. The maximum atomic E-state index is 4.34. The number of nitrogens with zero attached hydrogens (tertiary/aromatic N) is 4. The van der Waals surface area contributed by atoms with Crippen LogP contribution >= 0.6 is 11.3 Å². The second kappa shape index (κ2) is 6.94. The van der Waals surface area contributed by atoms with Crippen molar-refractivity contribution < 1.29 is 0 Å². The molecule has 22 heavy (non-hydrogen) atoms. The van der Waals surface area contributed by atoms with Gasteiger partial charge in [0.1, 0.15) is 0 Å². The van der Waals surface area contributed by atoms with Gasteiger partial charge in [-0.3, -0.25) is 4.90 Å². The Labute approximate surface area is 137 Å². The molecule has 0 bridgehead atoms. The third-order valence-electron chi connectivity index (χ3n) is 4.50. The molecule has 1 aliphatic heterocycles. The normalized spacial score (nSPS) is 19.4. The van der Waals surface area contributed by atoms with Crippen LogP contribution in [0.1, 0.15) is 22.6 Å². The molecule has 1 saturated heterocycles. The van der Waals surface area contributed by atoms with E-state index in [9.17, 15) is 0 Å². The highest BCUT2D eigenvalue weighted by atomic mass is 32.1. The molecule has 1 unspecified atom stereocenters. The summed E-state index contributed by atoms with van der Waals surface area (Å²) in [6, 6.07) is 2.23. The van der Waals surface area contributed by atoms with Crippen molar-refractivity contribution in [2.45, 2.75) is 26.4 Å². The van der Waals surface area contributed by atoms with Crippen LogP contribution in [0.4, 0.5) is 0 Å². The van der Waals surface area contributed by atoms with Crippen molar-refractivity contribution >= 4 is 11.3 Å². The lowest BCUT2D eigenvalue weighted by molar-refractivity contribution is 0.256. The summed E-state index contributed by atoms with van der Waals surface area (Å²) in [5.74, 6) is 0.793. The largest absolute Gasteiger partial charge is 0.357 e. The molecule has 0 aromatic carbocycles. The minimum atomic E-state index is 0.793. The molecule has 0 aliphatic carbocycles. The van der Waals surface area contributed by atoms with Gasteiger partial charge in [-0.05, 0) is 44.5 Å². The van der Waals surface area contributed by atoms with Crippen LogP contribution in [0.15, 0.2) is 24.0 Å². The van der Waals surface area contributed by atoms with Gasteiger partial charge in [0, 0.05) is 50.5 Å². The van der Waals surface area contributed by atoms with E-state index in [0.717, 1.165) is 19.0 Å². The molecule has 3 heterocycles. The number of aromatic nitrogens is 2. The molecule has 2 aromatic rings. The quantitative estimate of drug-likeness (QED) is 0.818. The molecule has 5 heteroatoms. The zero-order valence-electron chi connectivity index (χ0n) is 13.8. The van der Waals surface area contributed by atoms with E-state index in [4.69, 9.17) is 0 Å². The summed E-state index contributed by atoms with van der Waals surface area (Å²) < 4.78 is 2.13. The topological polar surface area (TPSA) is 24.3 Å². The summed E-state index contributed by atoms with van der Waals surface area (Å²) >= 11 is 1.77. The van der Waals surface area contributed by atoms with E-state index in [2.05, 4.69) is 58.8 Å². The molecule has 4 nitrogen and oxygen atoms in total. The van der Waals surface area contributed by atoms with E-state index in [1.54, 1.807) is 11.3 Å². The molecule has 0 amide bonds. The van der Waals surface area contributed by atoms with Gasteiger partial charge < -0.3 is 9.47 Å². The molecule has 1 aliphatic rings. The van der Waals surface area contributed by atoms with Crippen LogP contribution in [-0.2, 0) is 20.1 Å². The Morgan fingerprint density at radius 1 is 1.45 bits per heavy atom. The monoisotopic (exact) mass is 318 g/mol.